The van der Waals surface area contributed by atoms with Crippen LogP contribution in [0.1, 0.15) is 47.0 Å². The zero-order valence-electron chi connectivity index (χ0n) is 10.7. The standard InChI is InChI=1S/C13H27NO/c1-10-5-6-12(11(2)7-10)14-8-13(3,4)9-15/h10-12,14-15H,5-9H2,1-4H3. The van der Waals surface area contributed by atoms with Gasteiger partial charge < -0.3 is 10.4 Å². The summed E-state index contributed by atoms with van der Waals surface area (Å²) in [6.07, 6.45) is 3.99. The van der Waals surface area contributed by atoms with Gasteiger partial charge in [0.2, 0.25) is 0 Å². The molecule has 3 unspecified atom stereocenters. The molecule has 1 fully saturated rings. The van der Waals surface area contributed by atoms with Crippen LogP contribution in [0.25, 0.3) is 0 Å². The molecule has 0 aromatic heterocycles. The fraction of sp³-hybridized carbons (Fsp3) is 1.00. The third kappa shape index (κ3) is 4.12. The summed E-state index contributed by atoms with van der Waals surface area (Å²) < 4.78 is 0. The first kappa shape index (κ1) is 13.0. The van der Waals surface area contributed by atoms with Gasteiger partial charge in [-0.05, 0) is 31.1 Å². The normalized spacial score (nSPS) is 33.0. The van der Waals surface area contributed by atoms with Crippen molar-refractivity contribution in [3.8, 4) is 0 Å². The van der Waals surface area contributed by atoms with Gasteiger partial charge in [-0.25, -0.2) is 0 Å². The largest absolute Gasteiger partial charge is 0.396 e. The van der Waals surface area contributed by atoms with Crippen molar-refractivity contribution in [3.05, 3.63) is 0 Å². The van der Waals surface area contributed by atoms with Crippen LogP contribution in [-0.4, -0.2) is 24.3 Å². The van der Waals surface area contributed by atoms with Gasteiger partial charge in [0.1, 0.15) is 0 Å². The molecule has 1 aliphatic carbocycles. The third-order valence-electron chi connectivity index (χ3n) is 3.70. The molecule has 0 aromatic rings. The maximum absolute atomic E-state index is 9.19. The minimum Gasteiger partial charge on any atom is -0.396 e. The van der Waals surface area contributed by atoms with Gasteiger partial charge in [0.15, 0.2) is 0 Å². The van der Waals surface area contributed by atoms with Gasteiger partial charge in [-0.1, -0.05) is 27.7 Å². The van der Waals surface area contributed by atoms with E-state index in [1.807, 2.05) is 0 Å². The Kier molecular flexibility index (Phi) is 4.60. The number of hydrogen-bond acceptors (Lipinski definition) is 2. The van der Waals surface area contributed by atoms with Crippen LogP contribution in [0.4, 0.5) is 0 Å². The lowest BCUT2D eigenvalue weighted by molar-refractivity contribution is 0.139. The predicted molar refractivity (Wildman–Crippen MR) is 64.8 cm³/mol. The number of aliphatic hydroxyl groups excluding tert-OH is 1. The van der Waals surface area contributed by atoms with Gasteiger partial charge in [0.25, 0.3) is 0 Å². The molecule has 2 N–H and O–H groups in total. The monoisotopic (exact) mass is 213 g/mol. The lowest BCUT2D eigenvalue weighted by Gasteiger charge is -2.35. The van der Waals surface area contributed by atoms with E-state index in [4.69, 9.17) is 0 Å². The van der Waals surface area contributed by atoms with Crippen LogP contribution in [0.15, 0.2) is 0 Å². The molecule has 15 heavy (non-hydrogen) atoms. The molecule has 0 aliphatic heterocycles. The highest BCUT2D eigenvalue weighted by atomic mass is 16.3. The van der Waals surface area contributed by atoms with Crippen LogP contribution in [0.5, 0.6) is 0 Å². The van der Waals surface area contributed by atoms with E-state index < -0.39 is 0 Å². The molecule has 0 radical (unpaired) electrons. The Morgan fingerprint density at radius 1 is 1.27 bits per heavy atom. The highest BCUT2D eigenvalue weighted by Crippen LogP contribution is 2.29. The second kappa shape index (κ2) is 5.31. The summed E-state index contributed by atoms with van der Waals surface area (Å²) in [5, 5.41) is 12.8. The van der Waals surface area contributed by atoms with E-state index >= 15 is 0 Å². The number of rotatable bonds is 4. The van der Waals surface area contributed by atoms with Crippen LogP contribution >= 0.6 is 0 Å². The zero-order chi connectivity index (χ0) is 11.5. The quantitative estimate of drug-likeness (QED) is 0.751. The Morgan fingerprint density at radius 2 is 1.93 bits per heavy atom. The summed E-state index contributed by atoms with van der Waals surface area (Å²) >= 11 is 0. The van der Waals surface area contributed by atoms with Gasteiger partial charge >= 0.3 is 0 Å². The zero-order valence-corrected chi connectivity index (χ0v) is 10.7. The second-order valence-electron chi connectivity index (χ2n) is 6.21. The molecule has 2 nitrogen and oxygen atoms in total. The van der Waals surface area contributed by atoms with Crippen LogP contribution in [0.3, 0.4) is 0 Å². The number of hydrogen-bond donors (Lipinski definition) is 2. The van der Waals surface area contributed by atoms with Crippen molar-refractivity contribution in [2.75, 3.05) is 13.2 Å². The van der Waals surface area contributed by atoms with E-state index in [1.54, 1.807) is 0 Å². The van der Waals surface area contributed by atoms with E-state index in [0.29, 0.717) is 6.04 Å². The first-order valence-electron chi connectivity index (χ1n) is 6.29. The third-order valence-corrected chi connectivity index (χ3v) is 3.70. The summed E-state index contributed by atoms with van der Waals surface area (Å²) in [6, 6.07) is 0.659. The van der Waals surface area contributed by atoms with Crippen LogP contribution < -0.4 is 5.32 Å². The van der Waals surface area contributed by atoms with Gasteiger partial charge in [0.05, 0.1) is 0 Å². The molecule has 90 valence electrons. The van der Waals surface area contributed by atoms with Crippen molar-refractivity contribution in [2.45, 2.75) is 53.0 Å². The van der Waals surface area contributed by atoms with Crippen LogP contribution in [-0.2, 0) is 0 Å². The molecule has 1 aliphatic rings. The minimum absolute atomic E-state index is 0.0167. The van der Waals surface area contributed by atoms with E-state index in [9.17, 15) is 5.11 Å². The molecule has 0 aromatic carbocycles. The summed E-state index contributed by atoms with van der Waals surface area (Å²) in [4.78, 5) is 0. The minimum atomic E-state index is 0.0167. The topological polar surface area (TPSA) is 32.3 Å². The molecule has 0 amide bonds. The first-order valence-corrected chi connectivity index (χ1v) is 6.29. The molecule has 1 rings (SSSR count). The Balaban J connectivity index is 2.33. The SMILES string of the molecule is CC1CCC(NCC(C)(C)CO)C(C)C1. The second-order valence-corrected chi connectivity index (χ2v) is 6.21. The smallest absolute Gasteiger partial charge is 0.0494 e. The van der Waals surface area contributed by atoms with Gasteiger partial charge in [0, 0.05) is 24.6 Å². The van der Waals surface area contributed by atoms with Crippen molar-refractivity contribution < 1.29 is 5.11 Å². The summed E-state index contributed by atoms with van der Waals surface area (Å²) in [7, 11) is 0. The van der Waals surface area contributed by atoms with E-state index in [-0.39, 0.29) is 12.0 Å². The maximum atomic E-state index is 9.19. The highest BCUT2D eigenvalue weighted by Gasteiger charge is 2.26. The fourth-order valence-electron chi connectivity index (χ4n) is 2.43. The molecule has 0 spiro atoms. The average Bonchev–Trinajstić information content (AvgIpc) is 2.16. The number of aliphatic hydroxyl groups is 1. The maximum Gasteiger partial charge on any atom is 0.0494 e. The number of nitrogens with one attached hydrogen (secondary N) is 1. The first-order chi connectivity index (χ1) is 6.94. The van der Waals surface area contributed by atoms with Gasteiger partial charge in [-0.3, -0.25) is 0 Å². The molecular weight excluding hydrogens is 186 g/mol. The highest BCUT2D eigenvalue weighted by molar-refractivity contribution is 4.83. The molecule has 0 bridgehead atoms. The molecule has 1 saturated carbocycles. The van der Waals surface area contributed by atoms with Crippen molar-refractivity contribution in [1.29, 1.82) is 0 Å². The van der Waals surface area contributed by atoms with E-state index in [2.05, 4.69) is 33.0 Å². The van der Waals surface area contributed by atoms with Crippen molar-refractivity contribution in [3.63, 3.8) is 0 Å². The van der Waals surface area contributed by atoms with E-state index in [0.717, 1.165) is 18.4 Å². The van der Waals surface area contributed by atoms with Crippen LogP contribution in [0, 0.1) is 17.3 Å². The molecule has 3 atom stereocenters. The van der Waals surface area contributed by atoms with Gasteiger partial charge in [-0.15, -0.1) is 0 Å². The molecule has 0 heterocycles. The fourth-order valence-corrected chi connectivity index (χ4v) is 2.43. The summed E-state index contributed by atoms with van der Waals surface area (Å²) in [5.41, 5.74) is 0.0167. The Bertz CT molecular complexity index is 191. The summed E-state index contributed by atoms with van der Waals surface area (Å²) in [6.45, 7) is 10.1. The van der Waals surface area contributed by atoms with Crippen molar-refractivity contribution >= 4 is 0 Å². The van der Waals surface area contributed by atoms with E-state index in [1.165, 1.54) is 19.3 Å². The lowest BCUT2D eigenvalue weighted by Crippen LogP contribution is -2.44. The predicted octanol–water partition coefficient (Wildman–Crippen LogP) is 2.42. The Hall–Kier alpha value is -0.0800. The lowest BCUT2D eigenvalue weighted by atomic mass is 9.79. The van der Waals surface area contributed by atoms with Crippen molar-refractivity contribution in [2.24, 2.45) is 17.3 Å². The average molecular weight is 213 g/mol. The van der Waals surface area contributed by atoms with Crippen molar-refractivity contribution in [1.82, 2.24) is 5.32 Å². The van der Waals surface area contributed by atoms with Gasteiger partial charge in [-0.2, -0.15) is 0 Å². The molecule has 0 saturated heterocycles. The van der Waals surface area contributed by atoms with Crippen LogP contribution in [0.2, 0.25) is 0 Å². The molecule has 2 heteroatoms. The Morgan fingerprint density at radius 3 is 2.47 bits per heavy atom. The Labute approximate surface area is 94.5 Å². The summed E-state index contributed by atoms with van der Waals surface area (Å²) in [5.74, 6) is 1.67. The molecular formula is C13H27NO.